The number of aryl methyl sites for hydroxylation is 1. The van der Waals surface area contributed by atoms with Gasteiger partial charge in [-0.15, -0.1) is 0 Å². The Hall–Kier alpha value is -2.79. The number of aromatic nitrogens is 1. The largest absolute Gasteiger partial charge is 0.381 e. The normalized spacial score (nSPS) is 15.1. The maximum Gasteiger partial charge on any atom is 0.253 e. The minimum Gasteiger partial charge on any atom is -0.381 e. The predicted molar refractivity (Wildman–Crippen MR) is 117 cm³/mol. The van der Waals surface area contributed by atoms with Crippen LogP contribution < -0.4 is 15.8 Å². The number of piperazine rings is 1. The van der Waals surface area contributed by atoms with E-state index in [0.717, 1.165) is 60.4 Å². The third-order valence-corrected chi connectivity index (χ3v) is 5.61. The third-order valence-electron chi connectivity index (χ3n) is 5.61. The second-order valence-electron chi connectivity index (χ2n) is 7.54. The molecule has 146 valence electrons. The highest BCUT2D eigenvalue weighted by Gasteiger charge is 2.15. The molecule has 1 aliphatic heterocycles. The molecule has 0 atom stereocenters. The van der Waals surface area contributed by atoms with Crippen LogP contribution in [0.2, 0.25) is 0 Å². The molecule has 1 saturated heterocycles. The molecule has 28 heavy (non-hydrogen) atoms. The van der Waals surface area contributed by atoms with Crippen LogP contribution in [0.4, 0.5) is 11.4 Å². The van der Waals surface area contributed by atoms with Gasteiger partial charge in [-0.2, -0.15) is 0 Å². The number of nitrogens with zero attached hydrogens (tertiary/aromatic N) is 2. The van der Waals surface area contributed by atoms with Gasteiger partial charge in [0.05, 0.1) is 0 Å². The highest BCUT2D eigenvalue weighted by molar-refractivity contribution is 5.79. The van der Waals surface area contributed by atoms with E-state index in [0.29, 0.717) is 6.54 Å². The van der Waals surface area contributed by atoms with Gasteiger partial charge in [0.15, 0.2) is 0 Å². The van der Waals surface area contributed by atoms with E-state index < -0.39 is 0 Å². The van der Waals surface area contributed by atoms with Gasteiger partial charge in [0.25, 0.3) is 5.56 Å². The number of anilines is 2. The fraction of sp³-hybridized carbons (Fsp3) is 0.348. The monoisotopic (exact) mass is 376 g/mol. The molecule has 2 aromatic carbocycles. The number of aromatic amines is 1. The van der Waals surface area contributed by atoms with Crippen molar-refractivity contribution >= 4 is 22.3 Å². The number of fused-ring (bicyclic) bond motifs is 1. The average molecular weight is 377 g/mol. The number of likely N-dealkylation sites (N-methyl/N-ethyl adjacent to an activating group) is 1. The van der Waals surface area contributed by atoms with Gasteiger partial charge in [-0.1, -0.05) is 19.1 Å². The van der Waals surface area contributed by atoms with E-state index in [-0.39, 0.29) is 5.56 Å². The van der Waals surface area contributed by atoms with Crippen LogP contribution in [0.3, 0.4) is 0 Å². The number of hydrogen-bond donors (Lipinski definition) is 2. The Morgan fingerprint density at radius 2 is 1.75 bits per heavy atom. The van der Waals surface area contributed by atoms with Gasteiger partial charge in [-0.3, -0.25) is 4.79 Å². The predicted octanol–water partition coefficient (Wildman–Crippen LogP) is 3.59. The molecule has 0 bridgehead atoms. The van der Waals surface area contributed by atoms with Crippen molar-refractivity contribution in [3.05, 3.63) is 70.0 Å². The Morgan fingerprint density at radius 1 is 1.00 bits per heavy atom. The van der Waals surface area contributed by atoms with Crippen LogP contribution in [0.15, 0.2) is 53.3 Å². The first-order valence-corrected chi connectivity index (χ1v) is 10.1. The average Bonchev–Trinajstić information content (AvgIpc) is 2.73. The lowest BCUT2D eigenvalue weighted by molar-refractivity contribution is 0.271. The van der Waals surface area contributed by atoms with E-state index in [9.17, 15) is 4.79 Å². The fourth-order valence-corrected chi connectivity index (χ4v) is 3.80. The van der Waals surface area contributed by atoms with Crippen molar-refractivity contribution < 1.29 is 0 Å². The minimum absolute atomic E-state index is 0.0315. The summed E-state index contributed by atoms with van der Waals surface area (Å²) < 4.78 is 0. The highest BCUT2D eigenvalue weighted by Crippen LogP contribution is 2.20. The van der Waals surface area contributed by atoms with Crippen molar-refractivity contribution in [2.75, 3.05) is 42.9 Å². The molecule has 0 radical (unpaired) electrons. The molecule has 0 unspecified atom stereocenters. The van der Waals surface area contributed by atoms with Gasteiger partial charge >= 0.3 is 0 Å². The number of nitrogens with one attached hydrogen (secondary N) is 2. The van der Waals surface area contributed by atoms with Crippen LogP contribution in [0, 0.1) is 6.92 Å². The van der Waals surface area contributed by atoms with Crippen LogP contribution in [-0.4, -0.2) is 42.6 Å². The molecule has 1 fully saturated rings. The summed E-state index contributed by atoms with van der Waals surface area (Å²) in [4.78, 5) is 20.3. The van der Waals surface area contributed by atoms with Gasteiger partial charge in [-0.05, 0) is 60.8 Å². The zero-order chi connectivity index (χ0) is 19.5. The topological polar surface area (TPSA) is 51.4 Å². The number of hydrogen-bond acceptors (Lipinski definition) is 4. The molecule has 5 heteroatoms. The molecular weight excluding hydrogens is 348 g/mol. The second kappa shape index (κ2) is 8.07. The molecule has 4 rings (SSSR count). The zero-order valence-corrected chi connectivity index (χ0v) is 16.7. The number of benzene rings is 2. The summed E-state index contributed by atoms with van der Waals surface area (Å²) in [6, 6.07) is 16.6. The van der Waals surface area contributed by atoms with Gasteiger partial charge in [-0.25, -0.2) is 0 Å². The summed E-state index contributed by atoms with van der Waals surface area (Å²) in [6.45, 7) is 10.3. The summed E-state index contributed by atoms with van der Waals surface area (Å²) in [5.41, 5.74) is 5.04. The molecule has 1 aliphatic rings. The SMILES string of the molecule is CCN1CCN(c2ccc(NCc3cc4ccc(C)cc4[nH]c3=O)cc2)CC1. The van der Waals surface area contributed by atoms with Gasteiger partial charge in [0, 0.05) is 55.2 Å². The van der Waals surface area contributed by atoms with E-state index in [4.69, 9.17) is 0 Å². The Balaban J connectivity index is 1.41. The third kappa shape index (κ3) is 4.04. The summed E-state index contributed by atoms with van der Waals surface area (Å²) >= 11 is 0. The van der Waals surface area contributed by atoms with Gasteiger partial charge in [0.1, 0.15) is 0 Å². The molecule has 0 saturated carbocycles. The van der Waals surface area contributed by atoms with Crippen LogP contribution in [0.1, 0.15) is 18.1 Å². The number of H-pyrrole nitrogens is 1. The summed E-state index contributed by atoms with van der Waals surface area (Å²) in [7, 11) is 0. The van der Waals surface area contributed by atoms with Gasteiger partial charge < -0.3 is 20.1 Å². The van der Waals surface area contributed by atoms with E-state index in [1.807, 2.05) is 19.1 Å². The van der Waals surface area contributed by atoms with Crippen LogP contribution in [0.5, 0.6) is 0 Å². The Bertz CT molecular complexity index is 1000. The summed E-state index contributed by atoms with van der Waals surface area (Å²) in [6.07, 6.45) is 0. The number of pyridine rings is 1. The molecule has 5 nitrogen and oxygen atoms in total. The molecule has 3 aromatic rings. The van der Waals surface area contributed by atoms with Crippen molar-refractivity contribution in [2.24, 2.45) is 0 Å². The van der Waals surface area contributed by atoms with Crippen LogP contribution >= 0.6 is 0 Å². The first kappa shape index (κ1) is 18.6. The first-order chi connectivity index (χ1) is 13.6. The van der Waals surface area contributed by atoms with E-state index in [1.54, 1.807) is 0 Å². The van der Waals surface area contributed by atoms with Crippen molar-refractivity contribution in [3.8, 4) is 0 Å². The Morgan fingerprint density at radius 3 is 2.46 bits per heavy atom. The molecule has 2 heterocycles. The lowest BCUT2D eigenvalue weighted by atomic mass is 10.1. The lowest BCUT2D eigenvalue weighted by Gasteiger charge is -2.35. The molecular formula is C23H28N4O. The van der Waals surface area contributed by atoms with Crippen molar-refractivity contribution in [2.45, 2.75) is 20.4 Å². The maximum absolute atomic E-state index is 12.4. The lowest BCUT2D eigenvalue weighted by Crippen LogP contribution is -2.46. The van der Waals surface area contributed by atoms with E-state index in [2.05, 4.69) is 63.4 Å². The molecule has 1 aromatic heterocycles. The molecule has 0 amide bonds. The van der Waals surface area contributed by atoms with Crippen molar-refractivity contribution in [3.63, 3.8) is 0 Å². The van der Waals surface area contributed by atoms with E-state index in [1.165, 1.54) is 5.69 Å². The Labute approximate surface area is 166 Å². The highest BCUT2D eigenvalue weighted by atomic mass is 16.1. The van der Waals surface area contributed by atoms with Crippen LogP contribution in [-0.2, 0) is 6.54 Å². The van der Waals surface area contributed by atoms with E-state index >= 15 is 0 Å². The minimum atomic E-state index is -0.0315. The van der Waals surface area contributed by atoms with Crippen LogP contribution in [0.25, 0.3) is 10.9 Å². The van der Waals surface area contributed by atoms with Crippen molar-refractivity contribution in [1.29, 1.82) is 0 Å². The Kier molecular flexibility index (Phi) is 5.35. The standard InChI is InChI=1S/C23H28N4O/c1-3-26-10-12-27(13-11-26)21-8-6-20(7-9-21)24-16-19-15-18-5-4-17(2)14-22(18)25-23(19)28/h4-9,14-15,24H,3,10-13,16H2,1-2H3,(H,25,28). The summed E-state index contributed by atoms with van der Waals surface area (Å²) in [5.74, 6) is 0. The summed E-state index contributed by atoms with van der Waals surface area (Å²) in [5, 5.41) is 4.44. The quantitative estimate of drug-likeness (QED) is 0.715. The smallest absolute Gasteiger partial charge is 0.253 e. The second-order valence-corrected chi connectivity index (χ2v) is 7.54. The molecule has 0 spiro atoms. The number of rotatable bonds is 5. The molecule has 2 N–H and O–H groups in total. The maximum atomic E-state index is 12.4. The first-order valence-electron chi connectivity index (χ1n) is 10.1. The van der Waals surface area contributed by atoms with Crippen molar-refractivity contribution in [1.82, 2.24) is 9.88 Å². The molecule has 0 aliphatic carbocycles. The van der Waals surface area contributed by atoms with Gasteiger partial charge in [0.2, 0.25) is 0 Å². The zero-order valence-electron chi connectivity index (χ0n) is 16.7. The fourth-order valence-electron chi connectivity index (χ4n) is 3.80.